The predicted octanol–water partition coefficient (Wildman–Crippen LogP) is 2.32. The van der Waals surface area contributed by atoms with Gasteiger partial charge >= 0.3 is 0 Å². The van der Waals surface area contributed by atoms with Crippen molar-refractivity contribution in [1.29, 1.82) is 0 Å². The van der Waals surface area contributed by atoms with E-state index in [2.05, 4.69) is 45.0 Å². The van der Waals surface area contributed by atoms with Gasteiger partial charge in [-0.2, -0.15) is 0 Å². The highest BCUT2D eigenvalue weighted by atomic mass is 32.1. The number of quaternary nitrogens is 1. The predicted molar refractivity (Wildman–Crippen MR) is 111 cm³/mol. The Hall–Kier alpha value is -1.66. The molecule has 0 bridgehead atoms. The zero-order valence-corrected chi connectivity index (χ0v) is 17.5. The highest BCUT2D eigenvalue weighted by Gasteiger charge is 2.25. The van der Waals surface area contributed by atoms with Gasteiger partial charge in [-0.3, -0.25) is 4.57 Å². The van der Waals surface area contributed by atoms with Crippen molar-refractivity contribution < 1.29 is 9.88 Å². The lowest BCUT2D eigenvalue weighted by Crippen LogP contribution is -3.14. The third-order valence-electron chi connectivity index (χ3n) is 6.58. The van der Waals surface area contributed by atoms with Gasteiger partial charge in [-0.15, -0.1) is 0 Å². The second kappa shape index (κ2) is 8.15. The average Bonchev–Trinajstić information content (AvgIpc) is 2.93. The lowest BCUT2D eigenvalue weighted by atomic mass is 9.95. The molecule has 2 fully saturated rings. The molecule has 0 atom stereocenters. The molecule has 0 unspecified atom stereocenters. The van der Waals surface area contributed by atoms with Crippen LogP contribution in [0.2, 0.25) is 0 Å². The molecule has 0 amide bonds. The molecule has 27 heavy (non-hydrogen) atoms. The molecule has 4 rings (SSSR count). The Labute approximate surface area is 167 Å². The maximum absolute atomic E-state index is 5.95. The summed E-state index contributed by atoms with van der Waals surface area (Å²) in [5.41, 5.74) is 4.06. The van der Waals surface area contributed by atoms with Crippen molar-refractivity contribution in [2.75, 3.05) is 31.1 Å². The van der Waals surface area contributed by atoms with Crippen LogP contribution >= 0.6 is 12.2 Å². The lowest BCUT2D eigenvalue weighted by Gasteiger charge is -2.33. The molecule has 1 saturated heterocycles. The summed E-state index contributed by atoms with van der Waals surface area (Å²) < 4.78 is 5.92. The van der Waals surface area contributed by atoms with Crippen molar-refractivity contribution in [2.24, 2.45) is 0 Å². The third kappa shape index (κ3) is 3.83. The summed E-state index contributed by atoms with van der Waals surface area (Å²) >= 11 is 5.95. The van der Waals surface area contributed by atoms with Crippen LogP contribution in [0.15, 0.2) is 24.5 Å². The maximum Gasteiger partial charge on any atom is 0.184 e. The van der Waals surface area contributed by atoms with Gasteiger partial charge in [0.1, 0.15) is 0 Å². The first-order chi connectivity index (χ1) is 13.1. The van der Waals surface area contributed by atoms with Crippen LogP contribution in [0, 0.1) is 18.6 Å². The van der Waals surface area contributed by atoms with Crippen molar-refractivity contribution in [1.82, 2.24) is 9.13 Å². The minimum absolute atomic E-state index is 0.618. The summed E-state index contributed by atoms with van der Waals surface area (Å²) in [7, 11) is 0. The van der Waals surface area contributed by atoms with E-state index in [1.165, 1.54) is 49.2 Å². The van der Waals surface area contributed by atoms with Gasteiger partial charge in [0.05, 0.1) is 26.2 Å². The SMILES string of the molecule is Cc1c(C)n(C2CCCCC2)c(=S)n1C[NH+]1CCN(c2cc[nH+]cc2)CC1. The number of nitrogens with one attached hydrogen (secondary N) is 2. The minimum Gasteiger partial charge on any atom is -0.360 e. The number of aromatic nitrogens is 3. The molecule has 5 nitrogen and oxygen atoms in total. The maximum atomic E-state index is 5.95. The first kappa shape index (κ1) is 18.7. The Morgan fingerprint density at radius 2 is 1.70 bits per heavy atom. The molecule has 0 spiro atoms. The molecule has 146 valence electrons. The number of aromatic amines is 1. The summed E-state index contributed by atoms with van der Waals surface area (Å²) in [5, 5.41) is 0. The first-order valence-corrected chi connectivity index (χ1v) is 10.9. The topological polar surface area (TPSA) is 31.7 Å². The molecule has 2 aromatic heterocycles. The number of pyridine rings is 1. The van der Waals surface area contributed by atoms with E-state index >= 15 is 0 Å². The summed E-state index contributed by atoms with van der Waals surface area (Å²) in [6.45, 7) is 10.0. The fourth-order valence-corrected chi connectivity index (χ4v) is 5.28. The Balaban J connectivity index is 1.45. The smallest absolute Gasteiger partial charge is 0.184 e. The first-order valence-electron chi connectivity index (χ1n) is 10.5. The monoisotopic (exact) mass is 387 g/mol. The summed E-state index contributed by atoms with van der Waals surface area (Å²) in [5.74, 6) is 0. The van der Waals surface area contributed by atoms with Crippen LogP contribution in [-0.4, -0.2) is 35.3 Å². The standard InChI is InChI=1S/C21H31N5S/c1-17-18(2)26(20-6-4-3-5-7-20)21(27)25(17)16-23-12-14-24(15-13-23)19-8-10-22-11-9-19/h8-11,20H,3-7,12-16H2,1-2H3/p+2. The van der Waals surface area contributed by atoms with Gasteiger partial charge in [0.2, 0.25) is 0 Å². The zero-order chi connectivity index (χ0) is 18.8. The molecule has 1 aliphatic carbocycles. The molecule has 6 heteroatoms. The lowest BCUT2D eigenvalue weighted by molar-refractivity contribution is -0.923. The van der Waals surface area contributed by atoms with E-state index in [0.717, 1.165) is 37.6 Å². The van der Waals surface area contributed by atoms with E-state index in [-0.39, 0.29) is 0 Å². The van der Waals surface area contributed by atoms with Crippen molar-refractivity contribution in [3.05, 3.63) is 40.7 Å². The quantitative estimate of drug-likeness (QED) is 0.817. The highest BCUT2D eigenvalue weighted by molar-refractivity contribution is 7.71. The Bertz CT molecular complexity index is 811. The number of rotatable bonds is 4. The highest BCUT2D eigenvalue weighted by Crippen LogP contribution is 2.30. The summed E-state index contributed by atoms with van der Waals surface area (Å²) in [6.07, 6.45) is 10.7. The van der Waals surface area contributed by atoms with Crippen molar-refractivity contribution in [2.45, 2.75) is 58.7 Å². The number of hydrogen-bond donors (Lipinski definition) is 1. The van der Waals surface area contributed by atoms with Crippen LogP contribution in [0.1, 0.15) is 49.5 Å². The number of piperazine rings is 1. The van der Waals surface area contributed by atoms with Gasteiger partial charge in [0, 0.05) is 35.2 Å². The van der Waals surface area contributed by atoms with Gasteiger partial charge in [0.15, 0.2) is 23.8 Å². The Morgan fingerprint density at radius 1 is 1.04 bits per heavy atom. The number of hydrogen-bond acceptors (Lipinski definition) is 2. The Kier molecular flexibility index (Phi) is 5.64. The van der Waals surface area contributed by atoms with Crippen LogP contribution in [-0.2, 0) is 6.67 Å². The van der Waals surface area contributed by atoms with Crippen LogP contribution in [0.25, 0.3) is 0 Å². The number of H-pyrrole nitrogens is 1. The van der Waals surface area contributed by atoms with Crippen LogP contribution in [0.3, 0.4) is 0 Å². The van der Waals surface area contributed by atoms with Crippen LogP contribution < -0.4 is 14.8 Å². The van der Waals surface area contributed by atoms with Gasteiger partial charge < -0.3 is 14.4 Å². The summed E-state index contributed by atoms with van der Waals surface area (Å²) in [6, 6.07) is 4.95. The second-order valence-electron chi connectivity index (χ2n) is 8.20. The van der Waals surface area contributed by atoms with Gasteiger partial charge in [-0.1, -0.05) is 19.3 Å². The number of nitrogens with zero attached hydrogens (tertiary/aromatic N) is 3. The molecule has 2 aliphatic rings. The molecule has 0 radical (unpaired) electrons. The van der Waals surface area contributed by atoms with Gasteiger partial charge in [0.25, 0.3) is 0 Å². The molecule has 2 aromatic rings. The van der Waals surface area contributed by atoms with E-state index in [1.807, 2.05) is 12.4 Å². The minimum atomic E-state index is 0.618. The Morgan fingerprint density at radius 3 is 2.37 bits per heavy atom. The van der Waals surface area contributed by atoms with E-state index in [9.17, 15) is 0 Å². The van der Waals surface area contributed by atoms with Crippen LogP contribution in [0.5, 0.6) is 0 Å². The number of imidazole rings is 1. The fourth-order valence-electron chi connectivity index (χ4n) is 4.79. The molecular weight excluding hydrogens is 354 g/mol. The molecule has 2 N–H and O–H groups in total. The zero-order valence-electron chi connectivity index (χ0n) is 16.7. The van der Waals surface area contributed by atoms with E-state index in [0.29, 0.717) is 6.04 Å². The normalized spacial score (nSPS) is 19.6. The second-order valence-corrected chi connectivity index (χ2v) is 8.56. The van der Waals surface area contributed by atoms with Gasteiger partial charge in [-0.05, 0) is 38.9 Å². The fraction of sp³-hybridized carbons (Fsp3) is 0.619. The molecule has 1 aliphatic heterocycles. The van der Waals surface area contributed by atoms with Crippen molar-refractivity contribution in [3.8, 4) is 0 Å². The summed E-state index contributed by atoms with van der Waals surface area (Å²) in [4.78, 5) is 7.23. The average molecular weight is 388 g/mol. The molecule has 0 aromatic carbocycles. The molecule has 1 saturated carbocycles. The number of anilines is 1. The van der Waals surface area contributed by atoms with Crippen LogP contribution in [0.4, 0.5) is 5.69 Å². The van der Waals surface area contributed by atoms with E-state index in [4.69, 9.17) is 12.2 Å². The molecule has 3 heterocycles. The van der Waals surface area contributed by atoms with Gasteiger partial charge in [-0.25, -0.2) is 4.98 Å². The van der Waals surface area contributed by atoms with E-state index in [1.54, 1.807) is 4.90 Å². The molecular formula is C21H33N5S+2. The van der Waals surface area contributed by atoms with E-state index < -0.39 is 0 Å². The van der Waals surface area contributed by atoms with Crippen molar-refractivity contribution >= 4 is 17.9 Å². The largest absolute Gasteiger partial charge is 0.360 e. The third-order valence-corrected chi connectivity index (χ3v) is 7.00. The van der Waals surface area contributed by atoms with Crippen molar-refractivity contribution in [3.63, 3.8) is 0 Å².